The summed E-state index contributed by atoms with van der Waals surface area (Å²) < 4.78 is 25.3. The van der Waals surface area contributed by atoms with E-state index in [0.29, 0.717) is 23.2 Å². The van der Waals surface area contributed by atoms with Crippen molar-refractivity contribution in [1.29, 1.82) is 0 Å². The fourth-order valence-electron chi connectivity index (χ4n) is 3.65. The molecule has 1 amide bonds. The van der Waals surface area contributed by atoms with Gasteiger partial charge in [0.25, 0.3) is 0 Å². The van der Waals surface area contributed by atoms with Gasteiger partial charge in [-0.05, 0) is 43.9 Å². The number of carbonyl (C=O) groups is 1. The van der Waals surface area contributed by atoms with Crippen LogP contribution in [0.3, 0.4) is 0 Å². The molecule has 0 unspecified atom stereocenters. The first-order valence-corrected chi connectivity index (χ1v) is 12.2. The largest absolute Gasteiger partial charge is 0.355 e. The van der Waals surface area contributed by atoms with Gasteiger partial charge in [-0.2, -0.15) is 4.31 Å². The predicted molar refractivity (Wildman–Crippen MR) is 114 cm³/mol. The Morgan fingerprint density at radius 3 is 2.75 bits per heavy atom. The van der Waals surface area contributed by atoms with Crippen LogP contribution < -0.4 is 5.32 Å². The quantitative estimate of drug-likeness (QED) is 0.580. The summed E-state index contributed by atoms with van der Waals surface area (Å²) in [6.45, 7) is 4.75. The zero-order valence-electron chi connectivity index (χ0n) is 16.9. The average molecular weight is 430 g/mol. The second-order valence-electron chi connectivity index (χ2n) is 7.42. The number of likely N-dealkylation sites (tertiary alicyclic amines) is 1. The zero-order chi connectivity index (χ0) is 20.6. The number of benzene rings is 1. The SMILES string of the molecule is CC[C@@H]1CCCCN1CCCNC(=O)CN(Cc1ccccc1Cl)S(C)(=O)=O. The average Bonchev–Trinajstić information content (AvgIpc) is 2.66. The van der Waals surface area contributed by atoms with Crippen LogP contribution >= 0.6 is 11.6 Å². The van der Waals surface area contributed by atoms with Crippen molar-refractivity contribution in [2.45, 2.75) is 51.6 Å². The second kappa shape index (κ2) is 11.1. The standard InChI is InChI=1S/C20H32ClN3O3S/c1-3-18-10-6-7-13-23(18)14-8-12-22-20(25)16-24(28(2,26)27)15-17-9-4-5-11-19(17)21/h4-5,9,11,18H,3,6-8,10,12-16H2,1-2H3,(H,22,25)/t18-/m1/s1. The highest BCUT2D eigenvalue weighted by atomic mass is 35.5. The van der Waals surface area contributed by atoms with Crippen molar-refractivity contribution in [3.63, 3.8) is 0 Å². The van der Waals surface area contributed by atoms with Crippen molar-refractivity contribution in [3.05, 3.63) is 34.9 Å². The molecule has 8 heteroatoms. The maximum atomic E-state index is 12.3. The lowest BCUT2D eigenvalue weighted by Gasteiger charge is -2.35. The van der Waals surface area contributed by atoms with Crippen LogP contribution in [0.15, 0.2) is 24.3 Å². The predicted octanol–water partition coefficient (Wildman–Crippen LogP) is 2.87. The summed E-state index contributed by atoms with van der Waals surface area (Å²) in [5.74, 6) is -0.289. The molecule has 6 nitrogen and oxygen atoms in total. The monoisotopic (exact) mass is 429 g/mol. The van der Waals surface area contributed by atoms with Crippen LogP contribution in [0.25, 0.3) is 0 Å². The van der Waals surface area contributed by atoms with Gasteiger partial charge in [0, 0.05) is 30.7 Å². The normalized spacial score (nSPS) is 18.4. The molecule has 1 aliphatic rings. The summed E-state index contributed by atoms with van der Waals surface area (Å²) in [6, 6.07) is 7.71. The molecule has 28 heavy (non-hydrogen) atoms. The molecule has 158 valence electrons. The molecule has 1 N–H and O–H groups in total. The molecular formula is C20H32ClN3O3S. The van der Waals surface area contributed by atoms with E-state index in [9.17, 15) is 13.2 Å². The molecule has 1 saturated heterocycles. The maximum Gasteiger partial charge on any atom is 0.235 e. The highest BCUT2D eigenvalue weighted by Gasteiger charge is 2.22. The van der Waals surface area contributed by atoms with Gasteiger partial charge in [-0.1, -0.05) is 43.1 Å². The lowest BCUT2D eigenvalue weighted by molar-refractivity contribution is -0.121. The molecular weight excluding hydrogens is 398 g/mol. The van der Waals surface area contributed by atoms with E-state index in [2.05, 4.69) is 17.1 Å². The molecule has 0 radical (unpaired) electrons. The molecule has 1 aliphatic heterocycles. The first kappa shape index (κ1) is 23.1. The van der Waals surface area contributed by atoms with Crippen molar-refractivity contribution >= 4 is 27.5 Å². The molecule has 0 spiro atoms. The third kappa shape index (κ3) is 7.35. The number of halogens is 1. The van der Waals surface area contributed by atoms with E-state index in [-0.39, 0.29) is 19.0 Å². The van der Waals surface area contributed by atoms with E-state index in [1.54, 1.807) is 24.3 Å². The highest BCUT2D eigenvalue weighted by Crippen LogP contribution is 2.19. The summed E-state index contributed by atoms with van der Waals surface area (Å²) in [6.07, 6.45) is 6.95. The van der Waals surface area contributed by atoms with Gasteiger partial charge in [0.15, 0.2) is 0 Å². The minimum atomic E-state index is -3.53. The van der Waals surface area contributed by atoms with Crippen LogP contribution in [-0.2, 0) is 21.4 Å². The lowest BCUT2D eigenvalue weighted by Crippen LogP contribution is -2.42. The van der Waals surface area contributed by atoms with Crippen molar-refractivity contribution in [3.8, 4) is 0 Å². The number of rotatable bonds is 10. The Hall–Kier alpha value is -1.15. The molecule has 0 aromatic heterocycles. The van der Waals surface area contributed by atoms with Gasteiger partial charge in [0.05, 0.1) is 12.8 Å². The molecule has 0 bridgehead atoms. The molecule has 2 rings (SSSR count). The van der Waals surface area contributed by atoms with Gasteiger partial charge in [-0.3, -0.25) is 4.79 Å². The summed E-state index contributed by atoms with van der Waals surface area (Å²) >= 11 is 6.13. The number of piperidine rings is 1. The Bertz CT molecular complexity index is 742. The van der Waals surface area contributed by atoms with Gasteiger partial charge < -0.3 is 10.2 Å². The number of hydrogen-bond donors (Lipinski definition) is 1. The highest BCUT2D eigenvalue weighted by molar-refractivity contribution is 7.88. The smallest absolute Gasteiger partial charge is 0.235 e. The minimum absolute atomic E-state index is 0.0812. The number of amides is 1. The van der Waals surface area contributed by atoms with E-state index in [4.69, 9.17) is 11.6 Å². The van der Waals surface area contributed by atoms with Crippen LogP contribution in [0.5, 0.6) is 0 Å². The number of nitrogens with zero attached hydrogens (tertiary/aromatic N) is 2. The molecule has 1 fully saturated rings. The topological polar surface area (TPSA) is 69.7 Å². The first-order valence-electron chi connectivity index (χ1n) is 10.0. The minimum Gasteiger partial charge on any atom is -0.355 e. The second-order valence-corrected chi connectivity index (χ2v) is 9.81. The van der Waals surface area contributed by atoms with Crippen LogP contribution in [0.1, 0.15) is 44.6 Å². The first-order chi connectivity index (χ1) is 13.3. The van der Waals surface area contributed by atoms with Gasteiger partial charge in [0.2, 0.25) is 15.9 Å². The Morgan fingerprint density at radius 2 is 2.07 bits per heavy atom. The molecule has 1 atom stereocenters. The third-order valence-corrected chi connectivity index (χ3v) is 6.82. The Kier molecular flexibility index (Phi) is 9.21. The van der Waals surface area contributed by atoms with E-state index < -0.39 is 10.0 Å². The summed E-state index contributed by atoms with van der Waals surface area (Å²) in [5.41, 5.74) is 0.679. The van der Waals surface area contributed by atoms with Crippen molar-refractivity contribution in [2.75, 3.05) is 32.4 Å². The Balaban J connectivity index is 1.81. The van der Waals surface area contributed by atoms with Crippen molar-refractivity contribution < 1.29 is 13.2 Å². The van der Waals surface area contributed by atoms with Crippen molar-refractivity contribution in [2.24, 2.45) is 0 Å². The third-order valence-electron chi connectivity index (χ3n) is 5.26. The Morgan fingerprint density at radius 1 is 1.32 bits per heavy atom. The van der Waals surface area contributed by atoms with Gasteiger partial charge in [-0.25, -0.2) is 8.42 Å². The zero-order valence-corrected chi connectivity index (χ0v) is 18.4. The van der Waals surface area contributed by atoms with Gasteiger partial charge in [-0.15, -0.1) is 0 Å². The fraction of sp³-hybridized carbons (Fsp3) is 0.650. The van der Waals surface area contributed by atoms with E-state index in [1.807, 2.05) is 0 Å². The van der Waals surface area contributed by atoms with Gasteiger partial charge in [0.1, 0.15) is 0 Å². The summed E-state index contributed by atoms with van der Waals surface area (Å²) in [4.78, 5) is 14.8. The Labute approximate surface area is 174 Å². The van der Waals surface area contributed by atoms with Crippen LogP contribution in [0.2, 0.25) is 5.02 Å². The van der Waals surface area contributed by atoms with E-state index >= 15 is 0 Å². The summed E-state index contributed by atoms with van der Waals surface area (Å²) in [7, 11) is -3.53. The number of carbonyl (C=O) groups excluding carboxylic acids is 1. The molecule has 0 aliphatic carbocycles. The molecule has 1 aromatic carbocycles. The molecule has 0 saturated carbocycles. The van der Waals surface area contributed by atoms with Gasteiger partial charge >= 0.3 is 0 Å². The maximum absolute atomic E-state index is 12.3. The van der Waals surface area contributed by atoms with Crippen LogP contribution in [0.4, 0.5) is 0 Å². The number of sulfonamides is 1. The van der Waals surface area contributed by atoms with Crippen LogP contribution in [-0.4, -0.2) is 62.0 Å². The number of hydrogen-bond acceptors (Lipinski definition) is 4. The summed E-state index contributed by atoms with van der Waals surface area (Å²) in [5, 5.41) is 3.34. The van der Waals surface area contributed by atoms with Crippen molar-refractivity contribution in [1.82, 2.24) is 14.5 Å². The van der Waals surface area contributed by atoms with E-state index in [1.165, 1.54) is 19.3 Å². The fourth-order valence-corrected chi connectivity index (χ4v) is 4.57. The molecule has 1 aromatic rings. The number of nitrogens with one attached hydrogen (secondary N) is 1. The van der Waals surface area contributed by atoms with E-state index in [0.717, 1.165) is 36.5 Å². The lowest BCUT2D eigenvalue weighted by atomic mass is 10.00. The van der Waals surface area contributed by atoms with Crippen LogP contribution in [0, 0.1) is 0 Å². The molecule has 1 heterocycles.